The van der Waals surface area contributed by atoms with Gasteiger partial charge < -0.3 is 5.32 Å². The molecule has 3 N–H and O–H groups in total. The minimum atomic E-state index is -4.22. The topological polar surface area (TPSA) is 89.3 Å². The Kier molecular flexibility index (Phi) is 4.55. The number of benzene rings is 1. The summed E-state index contributed by atoms with van der Waals surface area (Å²) < 4.78 is 36.4. The van der Waals surface area contributed by atoms with Crippen LogP contribution in [0.1, 0.15) is 43.1 Å². The van der Waals surface area contributed by atoms with Crippen molar-refractivity contribution in [1.29, 1.82) is 0 Å². The molecule has 1 rings (SSSR count). The average Bonchev–Trinajstić information content (AvgIpc) is 2.30. The van der Waals surface area contributed by atoms with Gasteiger partial charge in [0, 0.05) is 11.1 Å². The zero-order chi connectivity index (χ0) is 15.7. The molecule has 7 heteroatoms. The Hall–Kier alpha value is -1.47. The van der Waals surface area contributed by atoms with Crippen molar-refractivity contribution in [2.75, 3.05) is 0 Å². The van der Waals surface area contributed by atoms with Gasteiger partial charge in [-0.2, -0.15) is 0 Å². The molecule has 112 valence electrons. The predicted molar refractivity (Wildman–Crippen MR) is 74.3 cm³/mol. The molecule has 0 aliphatic heterocycles. The standard InChI is InChI=1S/C13H19FN2O3S/c1-5-13(3,4)16-12(17)9-6-8(2)11(14)10(7-9)20(15,18)19/h6-7H,5H2,1-4H3,(H,16,17)(H2,15,18,19). The second kappa shape index (κ2) is 5.49. The summed E-state index contributed by atoms with van der Waals surface area (Å²) in [6.07, 6.45) is 0.695. The number of hydrogen-bond acceptors (Lipinski definition) is 3. The van der Waals surface area contributed by atoms with E-state index in [1.807, 2.05) is 20.8 Å². The van der Waals surface area contributed by atoms with Gasteiger partial charge in [-0.3, -0.25) is 4.79 Å². The van der Waals surface area contributed by atoms with E-state index in [1.165, 1.54) is 13.0 Å². The number of primary sulfonamides is 1. The van der Waals surface area contributed by atoms with Crippen LogP contribution in [0.3, 0.4) is 0 Å². The van der Waals surface area contributed by atoms with Crippen molar-refractivity contribution in [2.24, 2.45) is 5.14 Å². The second-order valence-corrected chi connectivity index (χ2v) is 6.87. The van der Waals surface area contributed by atoms with Gasteiger partial charge in [0.25, 0.3) is 5.91 Å². The number of aryl methyl sites for hydroxylation is 1. The molecular formula is C13H19FN2O3S. The largest absolute Gasteiger partial charge is 0.347 e. The third-order valence-electron chi connectivity index (χ3n) is 3.13. The summed E-state index contributed by atoms with van der Waals surface area (Å²) in [5, 5.41) is 7.70. The van der Waals surface area contributed by atoms with E-state index in [4.69, 9.17) is 5.14 Å². The highest BCUT2D eigenvalue weighted by Crippen LogP contribution is 2.20. The van der Waals surface area contributed by atoms with Crippen LogP contribution in [-0.4, -0.2) is 19.9 Å². The highest BCUT2D eigenvalue weighted by Gasteiger charge is 2.23. The first-order valence-electron chi connectivity index (χ1n) is 6.13. The molecule has 1 aromatic carbocycles. The zero-order valence-corrected chi connectivity index (χ0v) is 12.8. The third kappa shape index (κ3) is 3.77. The van der Waals surface area contributed by atoms with Crippen molar-refractivity contribution in [3.8, 4) is 0 Å². The molecule has 20 heavy (non-hydrogen) atoms. The van der Waals surface area contributed by atoms with Gasteiger partial charge in [0.2, 0.25) is 10.0 Å². The van der Waals surface area contributed by atoms with Crippen LogP contribution in [0, 0.1) is 12.7 Å². The maximum atomic E-state index is 13.8. The Balaban J connectivity index is 3.28. The number of sulfonamides is 1. The number of nitrogens with two attached hydrogens (primary N) is 1. The summed E-state index contributed by atoms with van der Waals surface area (Å²) in [5.74, 6) is -1.40. The SMILES string of the molecule is CCC(C)(C)NC(=O)c1cc(C)c(F)c(S(N)(=O)=O)c1. The van der Waals surface area contributed by atoms with Crippen LogP contribution >= 0.6 is 0 Å². The van der Waals surface area contributed by atoms with Crippen LogP contribution < -0.4 is 10.5 Å². The molecule has 1 amide bonds. The van der Waals surface area contributed by atoms with Crippen LogP contribution in [0.25, 0.3) is 0 Å². The summed E-state index contributed by atoms with van der Waals surface area (Å²) in [6.45, 7) is 6.96. The number of halogens is 1. The molecular weight excluding hydrogens is 283 g/mol. The van der Waals surface area contributed by atoms with E-state index in [-0.39, 0.29) is 11.1 Å². The number of rotatable bonds is 4. The van der Waals surface area contributed by atoms with Crippen molar-refractivity contribution in [1.82, 2.24) is 5.32 Å². The van der Waals surface area contributed by atoms with Crippen molar-refractivity contribution in [3.63, 3.8) is 0 Å². The molecule has 5 nitrogen and oxygen atoms in total. The quantitative estimate of drug-likeness (QED) is 0.887. The van der Waals surface area contributed by atoms with Gasteiger partial charge in [0.1, 0.15) is 10.7 Å². The van der Waals surface area contributed by atoms with Crippen LogP contribution in [0.5, 0.6) is 0 Å². The Morgan fingerprint density at radius 2 is 1.95 bits per heavy atom. The van der Waals surface area contributed by atoms with Crippen molar-refractivity contribution in [3.05, 3.63) is 29.1 Å². The molecule has 0 heterocycles. The molecule has 0 saturated carbocycles. The molecule has 0 unspecified atom stereocenters. The van der Waals surface area contributed by atoms with E-state index in [1.54, 1.807) is 0 Å². The minimum absolute atomic E-state index is 0.0518. The average molecular weight is 302 g/mol. The zero-order valence-electron chi connectivity index (χ0n) is 12.0. The summed E-state index contributed by atoms with van der Waals surface area (Å²) >= 11 is 0. The van der Waals surface area contributed by atoms with E-state index in [0.717, 1.165) is 6.07 Å². The first kappa shape index (κ1) is 16.6. The Morgan fingerprint density at radius 3 is 2.40 bits per heavy atom. The summed E-state index contributed by atoms with van der Waals surface area (Å²) in [4.78, 5) is 11.4. The van der Waals surface area contributed by atoms with Gasteiger partial charge in [-0.15, -0.1) is 0 Å². The van der Waals surface area contributed by atoms with Gasteiger partial charge in [-0.1, -0.05) is 6.92 Å². The predicted octanol–water partition coefficient (Wildman–Crippen LogP) is 1.70. The summed E-state index contributed by atoms with van der Waals surface area (Å²) in [6, 6.07) is 2.25. The molecule has 0 atom stereocenters. The lowest BCUT2D eigenvalue weighted by Crippen LogP contribution is -2.42. The highest BCUT2D eigenvalue weighted by atomic mass is 32.2. The monoisotopic (exact) mass is 302 g/mol. The van der Waals surface area contributed by atoms with E-state index in [2.05, 4.69) is 5.32 Å². The molecule has 0 fully saturated rings. The molecule has 0 aliphatic rings. The van der Waals surface area contributed by atoms with Crippen molar-refractivity contribution < 1.29 is 17.6 Å². The molecule has 0 radical (unpaired) electrons. The number of carbonyl (C=O) groups is 1. The number of amides is 1. The fourth-order valence-electron chi connectivity index (χ4n) is 1.54. The number of nitrogens with one attached hydrogen (secondary N) is 1. The molecule has 1 aromatic rings. The number of hydrogen-bond donors (Lipinski definition) is 2. The summed E-state index contributed by atoms with van der Waals surface area (Å²) in [7, 11) is -4.22. The normalized spacial score (nSPS) is 12.3. The van der Waals surface area contributed by atoms with Crippen LogP contribution in [0.2, 0.25) is 0 Å². The number of carbonyl (C=O) groups excluding carboxylic acids is 1. The van der Waals surface area contributed by atoms with E-state index < -0.39 is 32.2 Å². The van der Waals surface area contributed by atoms with Crippen molar-refractivity contribution >= 4 is 15.9 Å². The lowest BCUT2D eigenvalue weighted by molar-refractivity contribution is 0.0911. The Morgan fingerprint density at radius 1 is 1.40 bits per heavy atom. The fourth-order valence-corrected chi connectivity index (χ4v) is 2.25. The van der Waals surface area contributed by atoms with Crippen LogP contribution in [-0.2, 0) is 10.0 Å². The first-order chi connectivity index (χ1) is 8.98. The van der Waals surface area contributed by atoms with E-state index in [9.17, 15) is 17.6 Å². The smallest absolute Gasteiger partial charge is 0.251 e. The fraction of sp³-hybridized carbons (Fsp3) is 0.462. The van der Waals surface area contributed by atoms with Gasteiger partial charge in [-0.05, 0) is 44.9 Å². The van der Waals surface area contributed by atoms with Crippen LogP contribution in [0.4, 0.5) is 4.39 Å². The van der Waals surface area contributed by atoms with Gasteiger partial charge in [-0.25, -0.2) is 17.9 Å². The molecule has 0 aliphatic carbocycles. The molecule has 0 spiro atoms. The van der Waals surface area contributed by atoms with Crippen molar-refractivity contribution in [2.45, 2.75) is 44.6 Å². The molecule has 0 saturated heterocycles. The van der Waals surface area contributed by atoms with Gasteiger partial charge in [0.05, 0.1) is 0 Å². The minimum Gasteiger partial charge on any atom is -0.347 e. The molecule has 0 aromatic heterocycles. The second-order valence-electron chi connectivity index (χ2n) is 5.34. The lowest BCUT2D eigenvalue weighted by atomic mass is 10.0. The van der Waals surface area contributed by atoms with Crippen LogP contribution in [0.15, 0.2) is 17.0 Å². The van der Waals surface area contributed by atoms with E-state index >= 15 is 0 Å². The molecule has 0 bridgehead atoms. The highest BCUT2D eigenvalue weighted by molar-refractivity contribution is 7.89. The Labute approximate surface area is 118 Å². The first-order valence-corrected chi connectivity index (χ1v) is 7.68. The van der Waals surface area contributed by atoms with Gasteiger partial charge >= 0.3 is 0 Å². The van der Waals surface area contributed by atoms with E-state index in [0.29, 0.717) is 6.42 Å². The third-order valence-corrected chi connectivity index (χ3v) is 4.04. The maximum Gasteiger partial charge on any atom is 0.251 e. The lowest BCUT2D eigenvalue weighted by Gasteiger charge is -2.24. The maximum absolute atomic E-state index is 13.8. The van der Waals surface area contributed by atoms with Gasteiger partial charge in [0.15, 0.2) is 0 Å². The Bertz CT molecular complexity index is 639. The summed E-state index contributed by atoms with van der Waals surface area (Å²) in [5.41, 5.74) is -0.327.